The topological polar surface area (TPSA) is 83.6 Å². The largest absolute Gasteiger partial charge is 0.362 e. The van der Waals surface area contributed by atoms with Gasteiger partial charge in [-0.25, -0.2) is 9.18 Å². The highest BCUT2D eigenvalue weighted by Gasteiger charge is 2.45. The van der Waals surface area contributed by atoms with E-state index in [1.54, 1.807) is 41.6 Å². The summed E-state index contributed by atoms with van der Waals surface area (Å²) in [6.07, 6.45) is 5.61. The summed E-state index contributed by atoms with van der Waals surface area (Å²) in [6.45, 7) is 1.41. The monoisotopic (exact) mass is 412 g/mol. The van der Waals surface area contributed by atoms with Gasteiger partial charge in [-0.2, -0.15) is 0 Å². The van der Waals surface area contributed by atoms with Crippen LogP contribution >= 0.6 is 0 Å². The maximum absolute atomic E-state index is 13.3. The first kappa shape index (κ1) is 20.3. The molecule has 0 bridgehead atoms. The molecule has 0 unspecified atom stereocenters. The van der Waals surface area contributed by atoms with Gasteiger partial charge in [-0.15, -0.1) is 0 Å². The van der Waals surface area contributed by atoms with E-state index < -0.39 is 6.10 Å². The van der Waals surface area contributed by atoms with Crippen LogP contribution in [0.25, 0.3) is 0 Å². The molecule has 2 aliphatic heterocycles. The molecule has 1 aromatic heterocycles. The van der Waals surface area contributed by atoms with E-state index in [1.165, 1.54) is 12.1 Å². The highest BCUT2D eigenvalue weighted by Crippen LogP contribution is 2.39. The van der Waals surface area contributed by atoms with Crippen molar-refractivity contribution in [2.45, 2.75) is 43.9 Å². The Kier molecular flexibility index (Phi) is 5.94. The molecular weight excluding hydrogens is 387 g/mol. The first-order valence-corrected chi connectivity index (χ1v) is 10.2. The number of ether oxygens (including phenoxy) is 1. The molecule has 2 fully saturated rings. The summed E-state index contributed by atoms with van der Waals surface area (Å²) in [6, 6.07) is 9.57. The number of halogens is 1. The van der Waals surface area contributed by atoms with Crippen molar-refractivity contribution < 1.29 is 18.7 Å². The standard InChI is InChI=1S/C22H25FN4O3/c23-17-4-1-3-16(13-17)14-25-21(29)27-11-8-22(9-12-27)7-6-19(30-22)20(28)26-18-5-2-10-24-15-18/h1-5,10,13,15,19H,6-9,11-12,14H2,(H,25,29)(H,26,28)/t19-/m0/s1. The molecule has 3 amide bonds. The van der Waals surface area contributed by atoms with E-state index in [1.807, 2.05) is 0 Å². The van der Waals surface area contributed by atoms with Crippen molar-refractivity contribution in [3.05, 3.63) is 60.2 Å². The summed E-state index contributed by atoms with van der Waals surface area (Å²) in [4.78, 5) is 30.7. The first-order valence-electron chi connectivity index (χ1n) is 10.2. The summed E-state index contributed by atoms with van der Waals surface area (Å²) >= 11 is 0. The number of nitrogens with zero attached hydrogens (tertiary/aromatic N) is 2. The molecule has 1 atom stereocenters. The van der Waals surface area contributed by atoms with Gasteiger partial charge in [0, 0.05) is 25.8 Å². The number of carbonyl (C=O) groups is 2. The molecule has 0 saturated carbocycles. The molecule has 0 radical (unpaired) electrons. The fraction of sp³-hybridized carbons (Fsp3) is 0.409. The Morgan fingerprint density at radius 1 is 1.20 bits per heavy atom. The van der Waals surface area contributed by atoms with E-state index in [-0.39, 0.29) is 29.9 Å². The van der Waals surface area contributed by atoms with E-state index in [0.29, 0.717) is 38.0 Å². The predicted molar refractivity (Wildman–Crippen MR) is 109 cm³/mol. The molecule has 0 aliphatic carbocycles. The summed E-state index contributed by atoms with van der Waals surface area (Å²) in [5.74, 6) is -0.475. The van der Waals surface area contributed by atoms with Gasteiger partial charge in [0.2, 0.25) is 0 Å². The number of aromatic nitrogens is 1. The van der Waals surface area contributed by atoms with Crippen LogP contribution in [0.1, 0.15) is 31.2 Å². The van der Waals surface area contributed by atoms with Crippen molar-refractivity contribution in [1.29, 1.82) is 0 Å². The maximum atomic E-state index is 13.3. The maximum Gasteiger partial charge on any atom is 0.317 e. The number of nitrogens with one attached hydrogen (secondary N) is 2. The van der Waals surface area contributed by atoms with Crippen LogP contribution in [0, 0.1) is 5.82 Å². The van der Waals surface area contributed by atoms with Crippen molar-refractivity contribution in [2.24, 2.45) is 0 Å². The molecule has 8 heteroatoms. The number of likely N-dealkylation sites (tertiary alicyclic amines) is 1. The number of pyridine rings is 1. The lowest BCUT2D eigenvalue weighted by Gasteiger charge is -2.39. The van der Waals surface area contributed by atoms with Gasteiger partial charge < -0.3 is 20.3 Å². The summed E-state index contributed by atoms with van der Waals surface area (Å²) < 4.78 is 19.4. The summed E-state index contributed by atoms with van der Waals surface area (Å²) in [5, 5.41) is 5.68. The second-order valence-electron chi connectivity index (χ2n) is 7.83. The lowest BCUT2D eigenvalue weighted by atomic mass is 9.88. The number of piperidine rings is 1. The molecule has 158 valence electrons. The molecule has 2 aromatic rings. The fourth-order valence-corrected chi connectivity index (χ4v) is 4.08. The molecule has 1 aromatic carbocycles. The van der Waals surface area contributed by atoms with Gasteiger partial charge >= 0.3 is 6.03 Å². The van der Waals surface area contributed by atoms with E-state index in [0.717, 1.165) is 12.0 Å². The van der Waals surface area contributed by atoms with Crippen LogP contribution in [-0.2, 0) is 16.1 Å². The molecule has 30 heavy (non-hydrogen) atoms. The number of benzene rings is 1. The van der Waals surface area contributed by atoms with E-state index >= 15 is 0 Å². The molecule has 2 aliphatic rings. The predicted octanol–water partition coefficient (Wildman–Crippen LogP) is 3.08. The molecular formula is C22H25FN4O3. The van der Waals surface area contributed by atoms with Gasteiger partial charge in [0.05, 0.1) is 17.5 Å². The zero-order valence-electron chi connectivity index (χ0n) is 16.6. The van der Waals surface area contributed by atoms with Gasteiger partial charge in [0.1, 0.15) is 11.9 Å². The van der Waals surface area contributed by atoms with Gasteiger partial charge in [-0.3, -0.25) is 9.78 Å². The van der Waals surface area contributed by atoms with Crippen LogP contribution in [0.15, 0.2) is 48.8 Å². The molecule has 2 N–H and O–H groups in total. The second-order valence-corrected chi connectivity index (χ2v) is 7.83. The number of hydrogen-bond acceptors (Lipinski definition) is 4. The van der Waals surface area contributed by atoms with Crippen molar-refractivity contribution in [2.75, 3.05) is 18.4 Å². The van der Waals surface area contributed by atoms with E-state index in [2.05, 4.69) is 15.6 Å². The lowest BCUT2D eigenvalue weighted by Crippen LogP contribution is -2.50. The Bertz CT molecular complexity index is 900. The Balaban J connectivity index is 1.25. The number of rotatable bonds is 4. The number of hydrogen-bond donors (Lipinski definition) is 2. The average Bonchev–Trinajstić information content (AvgIpc) is 3.17. The molecule has 4 rings (SSSR count). The minimum Gasteiger partial charge on any atom is -0.362 e. The SMILES string of the molecule is O=C(Nc1cccnc1)[C@@H]1CCC2(CCN(C(=O)NCc3cccc(F)c3)CC2)O1. The van der Waals surface area contributed by atoms with Crippen LogP contribution in [0.3, 0.4) is 0 Å². The van der Waals surface area contributed by atoms with Crippen LogP contribution in [-0.4, -0.2) is 46.6 Å². The van der Waals surface area contributed by atoms with Crippen molar-refractivity contribution in [3.63, 3.8) is 0 Å². The molecule has 7 nitrogen and oxygen atoms in total. The summed E-state index contributed by atoms with van der Waals surface area (Å²) in [7, 11) is 0. The van der Waals surface area contributed by atoms with E-state index in [9.17, 15) is 14.0 Å². The van der Waals surface area contributed by atoms with Crippen LogP contribution in [0.2, 0.25) is 0 Å². The Morgan fingerprint density at radius 3 is 2.77 bits per heavy atom. The summed E-state index contributed by atoms with van der Waals surface area (Å²) in [5.41, 5.74) is 1.02. The third-order valence-corrected chi connectivity index (χ3v) is 5.77. The molecule has 2 saturated heterocycles. The second kappa shape index (κ2) is 8.79. The number of urea groups is 1. The molecule has 3 heterocycles. The van der Waals surface area contributed by atoms with Gasteiger partial charge in [0.25, 0.3) is 5.91 Å². The van der Waals surface area contributed by atoms with Crippen molar-refractivity contribution in [3.8, 4) is 0 Å². The number of amides is 3. The fourth-order valence-electron chi connectivity index (χ4n) is 4.08. The van der Waals surface area contributed by atoms with Gasteiger partial charge in [0.15, 0.2) is 0 Å². The number of carbonyl (C=O) groups excluding carboxylic acids is 2. The highest BCUT2D eigenvalue weighted by atomic mass is 19.1. The smallest absolute Gasteiger partial charge is 0.317 e. The Labute approximate surface area is 174 Å². The highest BCUT2D eigenvalue weighted by molar-refractivity contribution is 5.94. The van der Waals surface area contributed by atoms with Crippen molar-refractivity contribution >= 4 is 17.6 Å². The lowest BCUT2D eigenvalue weighted by molar-refractivity contribution is -0.135. The average molecular weight is 412 g/mol. The van der Waals surface area contributed by atoms with Crippen LogP contribution in [0.4, 0.5) is 14.9 Å². The van der Waals surface area contributed by atoms with Crippen LogP contribution < -0.4 is 10.6 Å². The third kappa shape index (κ3) is 4.76. The normalized spacial score (nSPS) is 20.2. The van der Waals surface area contributed by atoms with Gasteiger partial charge in [-0.1, -0.05) is 12.1 Å². The minimum atomic E-state index is -0.487. The molecule has 1 spiro atoms. The Morgan fingerprint density at radius 2 is 2.03 bits per heavy atom. The number of anilines is 1. The Hall–Kier alpha value is -3.00. The zero-order chi connectivity index (χ0) is 21.0. The van der Waals surface area contributed by atoms with Crippen molar-refractivity contribution in [1.82, 2.24) is 15.2 Å². The zero-order valence-corrected chi connectivity index (χ0v) is 16.6. The minimum absolute atomic E-state index is 0.157. The quantitative estimate of drug-likeness (QED) is 0.808. The van der Waals surface area contributed by atoms with Crippen LogP contribution in [0.5, 0.6) is 0 Å². The first-order chi connectivity index (χ1) is 14.5. The van der Waals surface area contributed by atoms with E-state index in [4.69, 9.17) is 4.74 Å². The third-order valence-electron chi connectivity index (χ3n) is 5.77. The van der Waals surface area contributed by atoms with Gasteiger partial charge in [-0.05, 0) is 55.5 Å².